The lowest BCUT2D eigenvalue weighted by Gasteiger charge is -2.06. The Balaban J connectivity index is 1.95. The molecule has 0 amide bonds. The number of nitrogens with zero attached hydrogens (tertiary/aromatic N) is 1. The summed E-state index contributed by atoms with van der Waals surface area (Å²) in [5, 5.41) is 7.02. The van der Waals surface area contributed by atoms with Crippen molar-refractivity contribution in [2.75, 3.05) is 12.9 Å². The average Bonchev–Trinajstić information content (AvgIpc) is 2.81. The van der Waals surface area contributed by atoms with Gasteiger partial charge in [0.15, 0.2) is 11.9 Å². The molecule has 5 nitrogen and oxygen atoms in total. The van der Waals surface area contributed by atoms with Crippen LogP contribution in [0.5, 0.6) is 5.75 Å². The van der Waals surface area contributed by atoms with Crippen LogP contribution in [0.4, 0.5) is 0 Å². The number of benzene rings is 1. The molecule has 0 aromatic heterocycles. The Morgan fingerprint density at radius 1 is 1.58 bits per heavy atom. The van der Waals surface area contributed by atoms with Gasteiger partial charge in [-0.15, -0.1) is 5.10 Å². The van der Waals surface area contributed by atoms with Gasteiger partial charge in [0.2, 0.25) is 0 Å². The smallest absolute Gasteiger partial charge is 0.279 e. The normalized spacial score (nSPS) is 17.8. The average molecular weight is 280 g/mol. The summed E-state index contributed by atoms with van der Waals surface area (Å²) in [5.74, 6) is 1.30. The number of ketones is 1. The summed E-state index contributed by atoms with van der Waals surface area (Å²) in [6.07, 6.45) is 0.251. The van der Waals surface area contributed by atoms with Crippen molar-refractivity contribution >= 4 is 22.7 Å². The third-order valence-electron chi connectivity index (χ3n) is 2.84. The molecule has 0 saturated carbocycles. The second kappa shape index (κ2) is 6.08. The van der Waals surface area contributed by atoms with Crippen LogP contribution in [0.3, 0.4) is 0 Å². The number of amidine groups is 1. The maximum Gasteiger partial charge on any atom is 0.279 e. The van der Waals surface area contributed by atoms with Gasteiger partial charge in [-0.05, 0) is 42.4 Å². The van der Waals surface area contributed by atoms with Crippen molar-refractivity contribution in [2.24, 2.45) is 5.10 Å². The van der Waals surface area contributed by atoms with E-state index in [0.29, 0.717) is 11.3 Å². The minimum atomic E-state index is 0.103. The van der Waals surface area contributed by atoms with Gasteiger partial charge in [-0.2, -0.15) is 0 Å². The molecule has 1 heterocycles. The number of ether oxygens (including phenoxy) is 1. The first-order valence-corrected chi connectivity index (χ1v) is 7.07. The van der Waals surface area contributed by atoms with Gasteiger partial charge in [0.1, 0.15) is 5.75 Å². The molecule has 1 aliphatic heterocycles. The number of aryl methyl sites for hydroxylation is 1. The molecule has 0 fully saturated rings. The van der Waals surface area contributed by atoms with Crippen molar-refractivity contribution in [3.05, 3.63) is 29.3 Å². The predicted molar refractivity (Wildman–Crippen MR) is 76.5 cm³/mol. The molecule has 1 atom stereocenters. The monoisotopic (exact) mass is 280 g/mol. The fourth-order valence-corrected chi connectivity index (χ4v) is 2.67. The van der Waals surface area contributed by atoms with Crippen LogP contribution in [0.15, 0.2) is 23.3 Å². The van der Waals surface area contributed by atoms with Gasteiger partial charge in [-0.1, -0.05) is 0 Å². The van der Waals surface area contributed by atoms with Crippen molar-refractivity contribution in [3.63, 3.8) is 0 Å². The summed E-state index contributed by atoms with van der Waals surface area (Å²) in [6, 6.07) is 5.49. The first-order chi connectivity index (χ1) is 9.10. The van der Waals surface area contributed by atoms with Crippen LogP contribution < -0.4 is 15.5 Å². The minimum Gasteiger partial charge on any atom is -0.496 e. The number of thioether (sulfide) groups is 1. The highest BCUT2D eigenvalue weighted by molar-refractivity contribution is 8.13. The molecule has 1 aromatic rings. The van der Waals surface area contributed by atoms with Crippen LogP contribution in [-0.2, 0) is 0 Å². The summed E-state index contributed by atoms with van der Waals surface area (Å²) < 4.78 is 5.18. The number of hydrazone groups is 1. The van der Waals surface area contributed by atoms with E-state index in [1.165, 1.54) is 11.8 Å². The van der Waals surface area contributed by atoms with E-state index in [1.54, 1.807) is 13.2 Å². The fraction of sp³-hybridized carbons (Fsp3) is 0.385. The number of carbonyl (C=O) groups excluding carboxylic acids is 1. The molecular formula is C13H18N3O2S+. The van der Waals surface area contributed by atoms with E-state index < -0.39 is 0 Å². The minimum absolute atomic E-state index is 0.103. The zero-order chi connectivity index (χ0) is 13.8. The predicted octanol–water partition coefficient (Wildman–Crippen LogP) is 0.703. The SMILES string of the molecule is COc1ccc(C(=O)CSC2=NNC(C)[NH2+]2)cc1C. The molecule has 1 aliphatic rings. The molecule has 6 heteroatoms. The van der Waals surface area contributed by atoms with Gasteiger partial charge in [-0.25, -0.2) is 0 Å². The highest BCUT2D eigenvalue weighted by Crippen LogP contribution is 2.19. The maximum atomic E-state index is 12.1. The van der Waals surface area contributed by atoms with Crippen molar-refractivity contribution in [1.82, 2.24) is 5.43 Å². The van der Waals surface area contributed by atoms with E-state index in [2.05, 4.69) is 10.5 Å². The van der Waals surface area contributed by atoms with E-state index in [9.17, 15) is 4.79 Å². The van der Waals surface area contributed by atoms with Crippen molar-refractivity contribution in [3.8, 4) is 5.75 Å². The number of Topliss-reactive ketones (excluding diaryl/α,β-unsaturated/α-hetero) is 1. The molecule has 1 aromatic carbocycles. The van der Waals surface area contributed by atoms with E-state index >= 15 is 0 Å². The van der Waals surface area contributed by atoms with Crippen LogP contribution in [0, 0.1) is 6.92 Å². The number of hydrogen-bond donors (Lipinski definition) is 2. The molecule has 0 saturated heterocycles. The van der Waals surface area contributed by atoms with Gasteiger partial charge in [-0.3, -0.25) is 15.5 Å². The molecule has 19 heavy (non-hydrogen) atoms. The molecule has 102 valence electrons. The Labute approximate surface area is 116 Å². The molecule has 1 unspecified atom stereocenters. The molecule has 0 bridgehead atoms. The molecular weight excluding hydrogens is 262 g/mol. The number of methoxy groups -OCH3 is 1. The molecule has 0 aliphatic carbocycles. The summed E-state index contributed by atoms with van der Waals surface area (Å²) in [5.41, 5.74) is 4.63. The zero-order valence-electron chi connectivity index (χ0n) is 11.3. The Morgan fingerprint density at radius 3 is 2.95 bits per heavy atom. The van der Waals surface area contributed by atoms with Gasteiger partial charge >= 0.3 is 0 Å². The quantitative estimate of drug-likeness (QED) is 0.797. The van der Waals surface area contributed by atoms with Crippen molar-refractivity contribution in [2.45, 2.75) is 20.0 Å². The highest BCUT2D eigenvalue weighted by Gasteiger charge is 2.19. The number of nitrogens with two attached hydrogens (primary N) is 1. The second-order valence-electron chi connectivity index (χ2n) is 4.43. The summed E-state index contributed by atoms with van der Waals surface area (Å²) in [4.78, 5) is 12.1. The maximum absolute atomic E-state index is 12.1. The topological polar surface area (TPSA) is 67.3 Å². The summed E-state index contributed by atoms with van der Waals surface area (Å²) in [6.45, 7) is 3.95. The summed E-state index contributed by atoms with van der Waals surface area (Å²) in [7, 11) is 1.63. The van der Waals surface area contributed by atoms with Crippen LogP contribution >= 0.6 is 11.8 Å². The van der Waals surface area contributed by atoms with E-state index in [-0.39, 0.29) is 11.9 Å². The molecule has 3 N–H and O–H groups in total. The van der Waals surface area contributed by atoms with Crippen LogP contribution in [0.25, 0.3) is 0 Å². The summed E-state index contributed by atoms with van der Waals surface area (Å²) >= 11 is 1.46. The third kappa shape index (κ3) is 3.48. The van der Waals surface area contributed by atoms with Crippen LogP contribution in [0.2, 0.25) is 0 Å². The number of quaternary nitrogens is 1. The Bertz CT molecular complexity index is 517. The van der Waals surface area contributed by atoms with E-state index in [1.807, 2.05) is 31.3 Å². The van der Waals surface area contributed by atoms with Crippen molar-refractivity contribution < 1.29 is 14.8 Å². The lowest BCUT2D eigenvalue weighted by atomic mass is 10.1. The van der Waals surface area contributed by atoms with E-state index in [4.69, 9.17) is 4.74 Å². The Hall–Kier alpha value is -1.53. The third-order valence-corrected chi connectivity index (χ3v) is 3.77. The number of hydrogen-bond acceptors (Lipinski definition) is 5. The largest absolute Gasteiger partial charge is 0.496 e. The Morgan fingerprint density at radius 2 is 2.37 bits per heavy atom. The zero-order valence-corrected chi connectivity index (χ0v) is 12.1. The van der Waals surface area contributed by atoms with Gasteiger partial charge in [0.25, 0.3) is 5.17 Å². The number of nitrogens with one attached hydrogen (secondary N) is 1. The first kappa shape index (κ1) is 13.9. The number of rotatable bonds is 4. The van der Waals surface area contributed by atoms with Gasteiger partial charge in [0.05, 0.1) is 12.9 Å². The van der Waals surface area contributed by atoms with Crippen LogP contribution in [0.1, 0.15) is 22.8 Å². The van der Waals surface area contributed by atoms with E-state index in [0.717, 1.165) is 16.5 Å². The molecule has 0 spiro atoms. The standard InChI is InChI=1S/C13H17N3O2S/c1-8-6-10(4-5-12(8)18-3)11(17)7-19-13-14-9(2)15-16-13/h4-6,9,15H,7H2,1-3H3,(H,14,16)/p+1. The lowest BCUT2D eigenvalue weighted by molar-refractivity contribution is -0.567. The number of carbonyl (C=O) groups is 1. The molecule has 2 rings (SSSR count). The fourth-order valence-electron chi connectivity index (χ4n) is 1.81. The lowest BCUT2D eigenvalue weighted by Crippen LogP contribution is -2.91. The Kier molecular flexibility index (Phi) is 4.44. The molecule has 0 radical (unpaired) electrons. The first-order valence-electron chi connectivity index (χ1n) is 6.09. The second-order valence-corrected chi connectivity index (χ2v) is 5.43. The van der Waals surface area contributed by atoms with Gasteiger partial charge < -0.3 is 4.74 Å². The highest BCUT2D eigenvalue weighted by atomic mass is 32.2. The van der Waals surface area contributed by atoms with Gasteiger partial charge in [0, 0.05) is 12.5 Å². The van der Waals surface area contributed by atoms with Crippen LogP contribution in [-0.4, -0.2) is 30.0 Å². The van der Waals surface area contributed by atoms with Crippen molar-refractivity contribution in [1.29, 1.82) is 0 Å².